The van der Waals surface area contributed by atoms with Crippen LogP contribution in [0.3, 0.4) is 0 Å². The van der Waals surface area contributed by atoms with E-state index in [2.05, 4.69) is 5.32 Å². The third-order valence-electron chi connectivity index (χ3n) is 2.23. The van der Waals surface area contributed by atoms with Crippen molar-refractivity contribution in [3.05, 3.63) is 23.5 Å². The summed E-state index contributed by atoms with van der Waals surface area (Å²) in [5.41, 5.74) is 5.20. The molecule has 106 valence electrons. The molecule has 0 aliphatic heterocycles. The molecule has 0 aromatic heterocycles. The number of carbonyl (C=O) groups is 1. The second kappa shape index (κ2) is 5.43. The van der Waals surface area contributed by atoms with Gasteiger partial charge in [-0.25, -0.2) is 22.3 Å². The van der Waals surface area contributed by atoms with Crippen LogP contribution in [0.2, 0.25) is 0 Å². The van der Waals surface area contributed by atoms with E-state index in [0.717, 1.165) is 12.1 Å². The first-order valence-corrected chi connectivity index (χ1v) is 7.00. The number of nitrogens with two attached hydrogens (primary N) is 1. The Labute approximate surface area is 111 Å². The molecule has 0 spiro atoms. The molecule has 6 nitrogen and oxygen atoms in total. The molecule has 0 fully saturated rings. The van der Waals surface area contributed by atoms with E-state index in [1.54, 1.807) is 13.8 Å². The lowest BCUT2D eigenvalue weighted by Gasteiger charge is -2.12. The molecular formula is C11H16FN3O3S. The summed E-state index contributed by atoms with van der Waals surface area (Å²) in [5.74, 6) is -0.705. The fraction of sp³-hybridized carbons (Fsp3) is 0.364. The molecule has 0 unspecified atom stereocenters. The van der Waals surface area contributed by atoms with Gasteiger partial charge in [0.25, 0.3) is 10.0 Å². The summed E-state index contributed by atoms with van der Waals surface area (Å²) in [6.07, 6.45) is 0. The number of nitrogen functional groups attached to an aromatic ring is 1. The SMILES string of the molecule is Cc1cc(F)c(N)cc1S(=O)(=O)NC(=O)NC(C)C. The molecule has 0 bridgehead atoms. The van der Waals surface area contributed by atoms with Gasteiger partial charge in [-0.15, -0.1) is 0 Å². The van der Waals surface area contributed by atoms with Gasteiger partial charge in [0.15, 0.2) is 0 Å². The lowest BCUT2D eigenvalue weighted by atomic mass is 10.2. The Kier molecular flexibility index (Phi) is 4.35. The number of hydrogen-bond acceptors (Lipinski definition) is 4. The highest BCUT2D eigenvalue weighted by molar-refractivity contribution is 7.90. The van der Waals surface area contributed by atoms with Crippen LogP contribution in [-0.4, -0.2) is 20.5 Å². The first-order chi connectivity index (χ1) is 8.63. The largest absolute Gasteiger partial charge is 0.396 e. The Morgan fingerprint density at radius 2 is 1.95 bits per heavy atom. The van der Waals surface area contributed by atoms with Gasteiger partial charge in [-0.1, -0.05) is 0 Å². The Morgan fingerprint density at radius 1 is 1.37 bits per heavy atom. The summed E-state index contributed by atoms with van der Waals surface area (Å²) in [4.78, 5) is 11.2. The van der Waals surface area contributed by atoms with Crippen molar-refractivity contribution >= 4 is 21.7 Å². The molecule has 1 rings (SSSR count). The molecule has 2 amide bonds. The highest BCUT2D eigenvalue weighted by Crippen LogP contribution is 2.21. The fourth-order valence-electron chi connectivity index (χ4n) is 1.43. The summed E-state index contributed by atoms with van der Waals surface area (Å²) < 4.78 is 38.9. The topological polar surface area (TPSA) is 101 Å². The Balaban J connectivity index is 3.08. The van der Waals surface area contributed by atoms with Gasteiger partial charge in [0, 0.05) is 6.04 Å². The molecule has 0 radical (unpaired) electrons. The molecule has 0 aliphatic carbocycles. The van der Waals surface area contributed by atoms with Crippen LogP contribution in [0.5, 0.6) is 0 Å². The highest BCUT2D eigenvalue weighted by atomic mass is 32.2. The van der Waals surface area contributed by atoms with Crippen molar-refractivity contribution in [2.75, 3.05) is 5.73 Å². The van der Waals surface area contributed by atoms with Crippen LogP contribution in [-0.2, 0) is 10.0 Å². The number of aryl methyl sites for hydroxylation is 1. The fourth-order valence-corrected chi connectivity index (χ4v) is 2.60. The molecule has 0 atom stereocenters. The van der Waals surface area contributed by atoms with Crippen LogP contribution in [0.15, 0.2) is 17.0 Å². The highest BCUT2D eigenvalue weighted by Gasteiger charge is 2.21. The van der Waals surface area contributed by atoms with Gasteiger partial charge in [0.2, 0.25) is 0 Å². The number of anilines is 1. The lowest BCUT2D eigenvalue weighted by molar-refractivity contribution is 0.243. The molecule has 1 aromatic rings. The average Bonchev–Trinajstić information content (AvgIpc) is 2.20. The summed E-state index contributed by atoms with van der Waals surface area (Å²) in [7, 11) is -4.08. The van der Waals surface area contributed by atoms with Crippen molar-refractivity contribution in [1.82, 2.24) is 10.0 Å². The average molecular weight is 289 g/mol. The van der Waals surface area contributed by atoms with Crippen LogP contribution in [0, 0.1) is 12.7 Å². The van der Waals surface area contributed by atoms with Crippen LogP contribution in [0.25, 0.3) is 0 Å². The Morgan fingerprint density at radius 3 is 2.47 bits per heavy atom. The summed E-state index contributed by atoms with van der Waals surface area (Å²) in [5, 5.41) is 2.38. The van der Waals surface area contributed by atoms with Gasteiger partial charge < -0.3 is 11.1 Å². The molecule has 1 aromatic carbocycles. The van der Waals surface area contributed by atoms with Crippen molar-refractivity contribution in [2.24, 2.45) is 0 Å². The number of urea groups is 1. The first kappa shape index (κ1) is 15.2. The van der Waals surface area contributed by atoms with Crippen molar-refractivity contribution in [3.63, 3.8) is 0 Å². The van der Waals surface area contributed by atoms with E-state index in [4.69, 9.17) is 5.73 Å². The second-order valence-corrected chi connectivity index (χ2v) is 6.02. The predicted molar refractivity (Wildman–Crippen MR) is 69.5 cm³/mol. The van der Waals surface area contributed by atoms with Crippen molar-refractivity contribution in [3.8, 4) is 0 Å². The Hall–Kier alpha value is -1.83. The molecule has 0 aliphatic rings. The molecule has 19 heavy (non-hydrogen) atoms. The van der Waals surface area contributed by atoms with Gasteiger partial charge in [0.05, 0.1) is 10.6 Å². The summed E-state index contributed by atoms with van der Waals surface area (Å²) in [6, 6.07) is 0.923. The maximum absolute atomic E-state index is 13.2. The smallest absolute Gasteiger partial charge is 0.328 e. The summed E-state index contributed by atoms with van der Waals surface area (Å²) in [6.45, 7) is 4.79. The van der Waals surface area contributed by atoms with Crippen LogP contribution < -0.4 is 15.8 Å². The third-order valence-corrected chi connectivity index (χ3v) is 3.70. The number of amides is 2. The second-order valence-electron chi connectivity index (χ2n) is 4.37. The maximum Gasteiger partial charge on any atom is 0.328 e. The van der Waals surface area contributed by atoms with Crippen LogP contribution >= 0.6 is 0 Å². The number of nitrogens with one attached hydrogen (secondary N) is 2. The number of benzene rings is 1. The van der Waals surface area contributed by atoms with Crippen molar-refractivity contribution in [1.29, 1.82) is 0 Å². The molecule has 0 heterocycles. The van der Waals surface area contributed by atoms with Gasteiger partial charge in [-0.2, -0.15) is 0 Å². The third kappa shape index (κ3) is 3.82. The minimum atomic E-state index is -4.08. The van der Waals surface area contributed by atoms with Crippen LogP contribution in [0.4, 0.5) is 14.9 Å². The minimum Gasteiger partial charge on any atom is -0.396 e. The van der Waals surface area contributed by atoms with E-state index < -0.39 is 21.9 Å². The van der Waals surface area contributed by atoms with Gasteiger partial charge in [0.1, 0.15) is 5.82 Å². The van der Waals surface area contributed by atoms with E-state index in [-0.39, 0.29) is 22.2 Å². The van der Waals surface area contributed by atoms with E-state index >= 15 is 0 Å². The van der Waals surface area contributed by atoms with Crippen molar-refractivity contribution in [2.45, 2.75) is 31.7 Å². The van der Waals surface area contributed by atoms with Gasteiger partial charge in [-0.3, -0.25) is 0 Å². The van der Waals surface area contributed by atoms with E-state index in [0.29, 0.717) is 0 Å². The van der Waals surface area contributed by atoms with E-state index in [1.807, 2.05) is 4.72 Å². The number of rotatable bonds is 3. The lowest BCUT2D eigenvalue weighted by Crippen LogP contribution is -2.42. The standard InChI is InChI=1S/C11H16FN3O3S/c1-6(2)14-11(16)15-19(17,18)10-5-9(13)8(12)4-7(10)3/h4-6H,13H2,1-3H3,(H2,14,15,16). The number of sulfonamides is 1. The predicted octanol–water partition coefficient (Wildman–Crippen LogP) is 1.11. The quantitative estimate of drug-likeness (QED) is 0.725. The van der Waals surface area contributed by atoms with Gasteiger partial charge in [-0.05, 0) is 38.5 Å². The normalized spacial score (nSPS) is 11.4. The first-order valence-electron chi connectivity index (χ1n) is 5.52. The van der Waals surface area contributed by atoms with Gasteiger partial charge >= 0.3 is 6.03 Å². The number of halogens is 1. The molecule has 0 saturated heterocycles. The molecular weight excluding hydrogens is 273 g/mol. The monoisotopic (exact) mass is 289 g/mol. The number of carbonyl (C=O) groups excluding carboxylic acids is 1. The summed E-state index contributed by atoms with van der Waals surface area (Å²) >= 11 is 0. The number of hydrogen-bond donors (Lipinski definition) is 3. The minimum absolute atomic E-state index is 0.163. The zero-order valence-electron chi connectivity index (χ0n) is 10.8. The van der Waals surface area contributed by atoms with Crippen molar-refractivity contribution < 1.29 is 17.6 Å². The van der Waals surface area contributed by atoms with Crippen LogP contribution in [0.1, 0.15) is 19.4 Å². The molecule has 4 N–H and O–H groups in total. The zero-order chi connectivity index (χ0) is 14.8. The van der Waals surface area contributed by atoms with E-state index in [9.17, 15) is 17.6 Å². The molecule has 8 heteroatoms. The molecule has 0 saturated carbocycles. The van der Waals surface area contributed by atoms with E-state index in [1.165, 1.54) is 6.92 Å². The Bertz CT molecular complexity index is 599. The zero-order valence-corrected chi connectivity index (χ0v) is 11.6. The maximum atomic E-state index is 13.2.